The van der Waals surface area contributed by atoms with Crippen molar-refractivity contribution in [2.75, 3.05) is 36.4 Å². The molecule has 2 heterocycles. The van der Waals surface area contributed by atoms with E-state index in [1.807, 2.05) is 19.1 Å². The van der Waals surface area contributed by atoms with E-state index in [-0.39, 0.29) is 5.91 Å². The first-order valence-corrected chi connectivity index (χ1v) is 9.01. The molecule has 132 valence electrons. The van der Waals surface area contributed by atoms with Gasteiger partial charge < -0.3 is 10.2 Å². The minimum absolute atomic E-state index is 0.0478. The molecule has 0 atom stereocenters. The van der Waals surface area contributed by atoms with Crippen molar-refractivity contribution in [2.24, 2.45) is 0 Å². The second kappa shape index (κ2) is 8.62. The highest BCUT2D eigenvalue weighted by atomic mass is 16.1. The number of carbonyl (C=O) groups is 1. The molecule has 0 saturated carbocycles. The van der Waals surface area contributed by atoms with Crippen molar-refractivity contribution in [3.63, 3.8) is 0 Å². The molecule has 0 radical (unpaired) electrons. The van der Waals surface area contributed by atoms with Crippen LogP contribution in [0.25, 0.3) is 0 Å². The SMILES string of the molecule is CCCC(=O)Nc1ccc(N2CCN(Cc3ccccc3)CC2)nc1. The van der Waals surface area contributed by atoms with Gasteiger partial charge in [0.1, 0.15) is 5.82 Å². The standard InChI is InChI=1S/C20H26N4O/c1-2-6-20(25)22-18-9-10-19(21-15-18)24-13-11-23(12-14-24)16-17-7-4-3-5-8-17/h3-5,7-10,15H,2,6,11-14,16H2,1H3,(H,22,25). The van der Waals surface area contributed by atoms with Gasteiger partial charge >= 0.3 is 0 Å². The first-order valence-electron chi connectivity index (χ1n) is 9.01. The van der Waals surface area contributed by atoms with Gasteiger partial charge in [-0.05, 0) is 24.1 Å². The van der Waals surface area contributed by atoms with Gasteiger partial charge in [0.2, 0.25) is 5.91 Å². The zero-order chi connectivity index (χ0) is 17.5. The third kappa shape index (κ3) is 5.03. The average Bonchev–Trinajstić information content (AvgIpc) is 2.64. The molecule has 5 nitrogen and oxygen atoms in total. The fraction of sp³-hybridized carbons (Fsp3) is 0.400. The minimum atomic E-state index is 0.0478. The van der Waals surface area contributed by atoms with Gasteiger partial charge in [0.25, 0.3) is 0 Å². The van der Waals surface area contributed by atoms with Crippen LogP contribution >= 0.6 is 0 Å². The highest BCUT2D eigenvalue weighted by molar-refractivity contribution is 5.90. The van der Waals surface area contributed by atoms with Gasteiger partial charge in [0, 0.05) is 39.1 Å². The zero-order valence-corrected chi connectivity index (χ0v) is 14.8. The summed E-state index contributed by atoms with van der Waals surface area (Å²) in [4.78, 5) is 20.9. The number of amides is 1. The summed E-state index contributed by atoms with van der Waals surface area (Å²) in [6.07, 6.45) is 3.15. The van der Waals surface area contributed by atoms with Crippen LogP contribution in [0.2, 0.25) is 0 Å². The minimum Gasteiger partial charge on any atom is -0.354 e. The lowest BCUT2D eigenvalue weighted by molar-refractivity contribution is -0.116. The largest absolute Gasteiger partial charge is 0.354 e. The Kier molecular flexibility index (Phi) is 6.01. The third-order valence-corrected chi connectivity index (χ3v) is 4.45. The summed E-state index contributed by atoms with van der Waals surface area (Å²) in [5, 5.41) is 2.88. The van der Waals surface area contributed by atoms with E-state index in [0.717, 1.165) is 50.6 Å². The van der Waals surface area contributed by atoms with E-state index in [2.05, 4.69) is 50.4 Å². The molecule has 1 amide bonds. The van der Waals surface area contributed by atoms with Crippen molar-refractivity contribution >= 4 is 17.4 Å². The van der Waals surface area contributed by atoms with E-state index >= 15 is 0 Å². The van der Waals surface area contributed by atoms with E-state index in [0.29, 0.717) is 6.42 Å². The van der Waals surface area contributed by atoms with E-state index in [9.17, 15) is 4.79 Å². The van der Waals surface area contributed by atoms with Gasteiger partial charge in [-0.1, -0.05) is 37.3 Å². The summed E-state index contributed by atoms with van der Waals surface area (Å²) < 4.78 is 0. The number of rotatable bonds is 6. The first kappa shape index (κ1) is 17.4. The van der Waals surface area contributed by atoms with Crippen molar-refractivity contribution in [2.45, 2.75) is 26.3 Å². The van der Waals surface area contributed by atoms with Crippen LogP contribution in [-0.4, -0.2) is 42.0 Å². The number of nitrogens with one attached hydrogen (secondary N) is 1. The van der Waals surface area contributed by atoms with E-state index < -0.39 is 0 Å². The predicted molar refractivity (Wildman–Crippen MR) is 102 cm³/mol. The maximum atomic E-state index is 11.6. The quantitative estimate of drug-likeness (QED) is 0.879. The third-order valence-electron chi connectivity index (χ3n) is 4.45. The maximum Gasteiger partial charge on any atom is 0.224 e. The summed E-state index contributed by atoms with van der Waals surface area (Å²) in [6, 6.07) is 14.5. The van der Waals surface area contributed by atoms with Crippen LogP contribution in [-0.2, 0) is 11.3 Å². The number of anilines is 2. The van der Waals surface area contributed by atoms with Crippen LogP contribution in [0.1, 0.15) is 25.3 Å². The molecule has 3 rings (SSSR count). The first-order chi connectivity index (χ1) is 12.2. The highest BCUT2D eigenvalue weighted by Gasteiger charge is 2.18. The zero-order valence-electron chi connectivity index (χ0n) is 14.8. The smallest absolute Gasteiger partial charge is 0.224 e. The summed E-state index contributed by atoms with van der Waals surface area (Å²) in [6.45, 7) is 7.02. The lowest BCUT2D eigenvalue weighted by Crippen LogP contribution is -2.46. The Labute approximate surface area is 149 Å². The highest BCUT2D eigenvalue weighted by Crippen LogP contribution is 2.17. The number of piperazine rings is 1. The topological polar surface area (TPSA) is 48.5 Å². The van der Waals surface area contributed by atoms with E-state index in [4.69, 9.17) is 0 Å². The van der Waals surface area contributed by atoms with Crippen molar-refractivity contribution in [3.8, 4) is 0 Å². The summed E-state index contributed by atoms with van der Waals surface area (Å²) in [7, 11) is 0. The van der Waals surface area contributed by atoms with Crippen LogP contribution in [0, 0.1) is 0 Å². The molecular formula is C20H26N4O. The lowest BCUT2D eigenvalue weighted by Gasteiger charge is -2.35. The van der Waals surface area contributed by atoms with Crippen molar-refractivity contribution < 1.29 is 4.79 Å². The molecule has 1 saturated heterocycles. The Morgan fingerprint density at radius 1 is 1.08 bits per heavy atom. The van der Waals surface area contributed by atoms with E-state index in [1.54, 1.807) is 6.20 Å². The van der Waals surface area contributed by atoms with Crippen LogP contribution < -0.4 is 10.2 Å². The van der Waals surface area contributed by atoms with Crippen LogP contribution in [0.5, 0.6) is 0 Å². The molecule has 0 unspecified atom stereocenters. The van der Waals surface area contributed by atoms with Crippen LogP contribution in [0.4, 0.5) is 11.5 Å². The fourth-order valence-electron chi connectivity index (χ4n) is 3.07. The Morgan fingerprint density at radius 2 is 1.84 bits per heavy atom. The number of hydrogen-bond acceptors (Lipinski definition) is 4. The second-order valence-corrected chi connectivity index (χ2v) is 6.45. The summed E-state index contributed by atoms with van der Waals surface area (Å²) in [5.74, 6) is 1.03. The van der Waals surface area contributed by atoms with Gasteiger partial charge in [0.05, 0.1) is 11.9 Å². The molecule has 0 aliphatic carbocycles. The van der Waals surface area contributed by atoms with Crippen molar-refractivity contribution in [3.05, 3.63) is 54.2 Å². The Bertz CT molecular complexity index is 664. The Balaban J connectivity index is 1.50. The number of pyridine rings is 1. The fourth-order valence-corrected chi connectivity index (χ4v) is 3.07. The number of nitrogens with zero attached hydrogens (tertiary/aromatic N) is 3. The lowest BCUT2D eigenvalue weighted by atomic mass is 10.2. The number of hydrogen-bond donors (Lipinski definition) is 1. The normalized spacial score (nSPS) is 15.2. The van der Waals surface area contributed by atoms with Gasteiger partial charge in [0.15, 0.2) is 0 Å². The Morgan fingerprint density at radius 3 is 2.48 bits per heavy atom. The molecule has 25 heavy (non-hydrogen) atoms. The molecule has 1 aliphatic rings. The number of aromatic nitrogens is 1. The molecule has 0 spiro atoms. The van der Waals surface area contributed by atoms with Crippen molar-refractivity contribution in [1.29, 1.82) is 0 Å². The number of benzene rings is 1. The molecule has 1 aromatic carbocycles. The molecule has 1 N–H and O–H groups in total. The monoisotopic (exact) mass is 338 g/mol. The summed E-state index contributed by atoms with van der Waals surface area (Å²) in [5.41, 5.74) is 2.13. The molecular weight excluding hydrogens is 312 g/mol. The van der Waals surface area contributed by atoms with Gasteiger partial charge in [-0.3, -0.25) is 9.69 Å². The van der Waals surface area contributed by atoms with Crippen molar-refractivity contribution in [1.82, 2.24) is 9.88 Å². The van der Waals surface area contributed by atoms with Crippen LogP contribution in [0.15, 0.2) is 48.7 Å². The van der Waals surface area contributed by atoms with Crippen LogP contribution in [0.3, 0.4) is 0 Å². The van der Waals surface area contributed by atoms with Gasteiger partial charge in [-0.25, -0.2) is 4.98 Å². The molecule has 5 heteroatoms. The molecule has 2 aromatic rings. The van der Waals surface area contributed by atoms with E-state index in [1.165, 1.54) is 5.56 Å². The molecule has 0 bridgehead atoms. The predicted octanol–water partition coefficient (Wildman–Crippen LogP) is 3.14. The molecule has 1 fully saturated rings. The Hall–Kier alpha value is -2.40. The maximum absolute atomic E-state index is 11.6. The molecule has 1 aromatic heterocycles. The summed E-state index contributed by atoms with van der Waals surface area (Å²) >= 11 is 0. The second-order valence-electron chi connectivity index (χ2n) is 6.45. The van der Waals surface area contributed by atoms with Gasteiger partial charge in [-0.2, -0.15) is 0 Å². The number of carbonyl (C=O) groups excluding carboxylic acids is 1. The average molecular weight is 338 g/mol. The molecule has 1 aliphatic heterocycles. The van der Waals surface area contributed by atoms with Gasteiger partial charge in [-0.15, -0.1) is 0 Å².